The number of hydrogen-bond acceptors (Lipinski definition) is 1. The van der Waals surface area contributed by atoms with E-state index < -0.39 is 0 Å². The van der Waals surface area contributed by atoms with E-state index in [2.05, 4.69) is 13.5 Å². The fourth-order valence-corrected chi connectivity index (χ4v) is 0.269. The van der Waals surface area contributed by atoms with Gasteiger partial charge in [-0.15, -0.1) is 6.61 Å². The van der Waals surface area contributed by atoms with Crippen LogP contribution in [0.4, 0.5) is 0 Å². The standard InChI is InChI=1S/C6H10O/c1-3-6(2)4-5-7/h1-5H2. The van der Waals surface area contributed by atoms with Gasteiger partial charge in [0.05, 0.1) is 6.92 Å². The average Bonchev–Trinajstić information content (AvgIpc) is 1.68. The summed E-state index contributed by atoms with van der Waals surface area (Å²) in [6.45, 7) is 7.12. The maximum atomic E-state index is 9.81. The van der Waals surface area contributed by atoms with E-state index in [0.29, 0.717) is 12.8 Å². The summed E-state index contributed by atoms with van der Waals surface area (Å²) in [4.78, 5) is 0. The molecule has 0 aromatic carbocycles. The van der Waals surface area contributed by atoms with Crippen LogP contribution in [0.25, 0.3) is 0 Å². The van der Waals surface area contributed by atoms with Gasteiger partial charge in [0.25, 0.3) is 0 Å². The minimum atomic E-state index is -0.0473. The van der Waals surface area contributed by atoms with Crippen LogP contribution in [0.2, 0.25) is 0 Å². The SMILES string of the molecule is C=C(C[CH2+])CC[O-]. The number of rotatable bonds is 3. The van der Waals surface area contributed by atoms with Crippen LogP contribution in [0.15, 0.2) is 12.2 Å². The minimum Gasteiger partial charge on any atom is -0.854 e. The molecule has 0 spiro atoms. The highest BCUT2D eigenvalue weighted by Gasteiger charge is 1.85. The van der Waals surface area contributed by atoms with E-state index in [9.17, 15) is 5.11 Å². The fourth-order valence-electron chi connectivity index (χ4n) is 0.269. The molecule has 0 fully saturated rings. The molecular formula is C6H10O. The monoisotopic (exact) mass is 98.1 g/mol. The molecule has 0 amide bonds. The lowest BCUT2D eigenvalue weighted by Crippen LogP contribution is -2.05. The lowest BCUT2D eigenvalue weighted by molar-refractivity contribution is -0.366. The van der Waals surface area contributed by atoms with Crippen molar-refractivity contribution >= 4 is 0 Å². The molecule has 0 bridgehead atoms. The van der Waals surface area contributed by atoms with Gasteiger partial charge in [0, 0.05) is 0 Å². The Balaban J connectivity index is 3.00. The lowest BCUT2D eigenvalue weighted by atomic mass is 10.2. The van der Waals surface area contributed by atoms with Gasteiger partial charge in [-0.1, -0.05) is 6.58 Å². The van der Waals surface area contributed by atoms with Gasteiger partial charge >= 0.3 is 0 Å². The highest BCUT2D eigenvalue weighted by atomic mass is 16.2. The molecule has 0 atom stereocenters. The van der Waals surface area contributed by atoms with Gasteiger partial charge in [-0.05, 0) is 12.0 Å². The van der Waals surface area contributed by atoms with Crippen molar-refractivity contribution in [3.63, 3.8) is 0 Å². The summed E-state index contributed by atoms with van der Waals surface area (Å²) in [5.41, 5.74) is 0.954. The van der Waals surface area contributed by atoms with E-state index in [1.54, 1.807) is 0 Å². The molecule has 0 aromatic rings. The summed E-state index contributed by atoms with van der Waals surface area (Å²) in [5.74, 6) is 0. The Bertz CT molecular complexity index is 57.2. The van der Waals surface area contributed by atoms with Crippen molar-refractivity contribution in [3.05, 3.63) is 19.1 Å². The van der Waals surface area contributed by atoms with Crippen molar-refractivity contribution in [2.75, 3.05) is 6.61 Å². The first kappa shape index (κ1) is 6.57. The van der Waals surface area contributed by atoms with Crippen molar-refractivity contribution in [1.29, 1.82) is 0 Å². The molecule has 1 heteroatoms. The highest BCUT2D eigenvalue weighted by molar-refractivity contribution is 4.93. The third kappa shape index (κ3) is 3.40. The first-order valence-corrected chi connectivity index (χ1v) is 2.35. The molecule has 0 saturated carbocycles. The Kier molecular flexibility index (Phi) is 3.52. The van der Waals surface area contributed by atoms with E-state index in [0.717, 1.165) is 5.57 Å². The minimum absolute atomic E-state index is 0.0473. The zero-order valence-electron chi connectivity index (χ0n) is 4.44. The summed E-state index contributed by atoms with van der Waals surface area (Å²) < 4.78 is 0. The van der Waals surface area contributed by atoms with Crippen LogP contribution in [0.1, 0.15) is 12.8 Å². The molecule has 0 aliphatic heterocycles. The van der Waals surface area contributed by atoms with Crippen molar-refractivity contribution in [3.8, 4) is 0 Å². The Morgan fingerprint density at radius 2 is 2.29 bits per heavy atom. The van der Waals surface area contributed by atoms with E-state index in [1.165, 1.54) is 0 Å². The predicted octanol–water partition coefficient (Wildman–Crippen LogP) is 0.517. The first-order chi connectivity index (χ1) is 3.31. The second kappa shape index (κ2) is 3.75. The molecule has 0 N–H and O–H groups in total. The lowest BCUT2D eigenvalue weighted by Gasteiger charge is -1.99. The molecule has 0 unspecified atom stereocenters. The Morgan fingerprint density at radius 3 is 2.43 bits per heavy atom. The molecule has 0 saturated heterocycles. The van der Waals surface area contributed by atoms with Gasteiger partial charge < -0.3 is 5.11 Å². The number of hydrogen-bond donors (Lipinski definition) is 0. The maximum absolute atomic E-state index is 9.81. The quantitative estimate of drug-likeness (QED) is 0.372. The molecule has 0 rings (SSSR count). The van der Waals surface area contributed by atoms with Crippen LogP contribution in [0.3, 0.4) is 0 Å². The fraction of sp³-hybridized carbons (Fsp3) is 0.500. The van der Waals surface area contributed by atoms with E-state index in [1.807, 2.05) is 0 Å². The smallest absolute Gasteiger partial charge is 0.106 e. The largest absolute Gasteiger partial charge is 0.854 e. The van der Waals surface area contributed by atoms with Crippen LogP contribution < -0.4 is 5.11 Å². The summed E-state index contributed by atoms with van der Waals surface area (Å²) in [6.07, 6.45) is 1.28. The molecule has 0 radical (unpaired) electrons. The zero-order chi connectivity index (χ0) is 5.70. The summed E-state index contributed by atoms with van der Waals surface area (Å²) in [5, 5.41) is 9.81. The van der Waals surface area contributed by atoms with Crippen molar-refractivity contribution in [2.24, 2.45) is 0 Å². The van der Waals surface area contributed by atoms with E-state index in [-0.39, 0.29) is 6.61 Å². The van der Waals surface area contributed by atoms with Crippen LogP contribution in [0.5, 0.6) is 0 Å². The van der Waals surface area contributed by atoms with Crippen molar-refractivity contribution in [1.82, 2.24) is 0 Å². The van der Waals surface area contributed by atoms with Crippen molar-refractivity contribution in [2.45, 2.75) is 12.8 Å². The van der Waals surface area contributed by atoms with Crippen molar-refractivity contribution < 1.29 is 5.11 Å². The van der Waals surface area contributed by atoms with E-state index >= 15 is 0 Å². The van der Waals surface area contributed by atoms with Crippen LogP contribution >= 0.6 is 0 Å². The summed E-state index contributed by atoms with van der Waals surface area (Å²) >= 11 is 0. The predicted molar refractivity (Wildman–Crippen MR) is 28.6 cm³/mol. The maximum Gasteiger partial charge on any atom is 0.106 e. The van der Waals surface area contributed by atoms with Gasteiger partial charge in [0.15, 0.2) is 0 Å². The molecule has 0 aromatic heterocycles. The molecule has 0 aliphatic rings. The Labute approximate surface area is 44.7 Å². The van der Waals surface area contributed by atoms with Gasteiger partial charge in [0.2, 0.25) is 0 Å². The van der Waals surface area contributed by atoms with Crippen LogP contribution in [0, 0.1) is 6.92 Å². The molecule has 0 heterocycles. The van der Waals surface area contributed by atoms with Gasteiger partial charge in [0.1, 0.15) is 6.42 Å². The first-order valence-electron chi connectivity index (χ1n) is 2.35. The molecule has 7 heavy (non-hydrogen) atoms. The summed E-state index contributed by atoms with van der Waals surface area (Å²) in [6, 6.07) is 0. The topological polar surface area (TPSA) is 23.1 Å². The molecule has 1 nitrogen and oxygen atoms in total. The Hall–Kier alpha value is -0.430. The third-order valence-corrected chi connectivity index (χ3v) is 0.809. The third-order valence-electron chi connectivity index (χ3n) is 0.809. The van der Waals surface area contributed by atoms with Crippen LogP contribution in [-0.4, -0.2) is 6.61 Å². The zero-order valence-corrected chi connectivity index (χ0v) is 4.44. The second-order valence-electron chi connectivity index (χ2n) is 1.45. The average molecular weight is 98.1 g/mol. The molecule has 40 valence electrons. The second-order valence-corrected chi connectivity index (χ2v) is 1.45. The Morgan fingerprint density at radius 1 is 1.71 bits per heavy atom. The molecular weight excluding hydrogens is 88.1 g/mol. The van der Waals surface area contributed by atoms with Crippen LogP contribution in [-0.2, 0) is 0 Å². The summed E-state index contributed by atoms with van der Waals surface area (Å²) in [7, 11) is 0. The van der Waals surface area contributed by atoms with Gasteiger partial charge in [-0.3, -0.25) is 0 Å². The van der Waals surface area contributed by atoms with E-state index in [4.69, 9.17) is 0 Å². The van der Waals surface area contributed by atoms with Gasteiger partial charge in [-0.2, -0.15) is 0 Å². The van der Waals surface area contributed by atoms with Gasteiger partial charge in [-0.25, -0.2) is 0 Å². The highest BCUT2D eigenvalue weighted by Crippen LogP contribution is 1.98. The normalized spacial score (nSPS) is 8.71. The molecule has 0 aliphatic carbocycles.